The summed E-state index contributed by atoms with van der Waals surface area (Å²) in [5.74, 6) is 0.462. The monoisotopic (exact) mass is 464 g/mol. The first-order valence-corrected chi connectivity index (χ1v) is 12.5. The van der Waals surface area contributed by atoms with Crippen molar-refractivity contribution in [3.63, 3.8) is 0 Å². The molecule has 1 aliphatic carbocycles. The summed E-state index contributed by atoms with van der Waals surface area (Å²) in [6, 6.07) is 11.9. The molecule has 1 saturated heterocycles. The van der Waals surface area contributed by atoms with E-state index in [2.05, 4.69) is 15.2 Å². The summed E-state index contributed by atoms with van der Waals surface area (Å²) in [6.45, 7) is 4.46. The van der Waals surface area contributed by atoms with Crippen LogP contribution in [0.15, 0.2) is 36.4 Å². The summed E-state index contributed by atoms with van der Waals surface area (Å²) in [5, 5.41) is 3.50. The van der Waals surface area contributed by atoms with Crippen LogP contribution in [0.1, 0.15) is 31.2 Å². The van der Waals surface area contributed by atoms with E-state index in [1.54, 1.807) is 0 Å². The van der Waals surface area contributed by atoms with Gasteiger partial charge < -0.3 is 10.1 Å². The second kappa shape index (κ2) is 10.1. The standard InChI is InChI=1S/C25H28N4O3S/c30-20(5-2-10-29-11-13-32-14-12-29)16-17-3-1-4-19(15-17)21-8-9-22-24(26-21)33-25(27-22)28-23(31)18-6-7-18/h1,3-4,8-9,15,18H,2,5-7,10-14,16H2,(H,27,28,31). The molecule has 1 amide bonds. The van der Waals surface area contributed by atoms with Crippen molar-refractivity contribution in [2.75, 3.05) is 38.2 Å². The van der Waals surface area contributed by atoms with Gasteiger partial charge in [0.25, 0.3) is 0 Å². The number of carbonyl (C=O) groups excluding carboxylic acids is 2. The van der Waals surface area contributed by atoms with Crippen LogP contribution in [0, 0.1) is 5.92 Å². The van der Waals surface area contributed by atoms with Gasteiger partial charge in [0, 0.05) is 37.4 Å². The number of morpholine rings is 1. The molecule has 0 unspecified atom stereocenters. The molecule has 2 aliphatic rings. The van der Waals surface area contributed by atoms with Gasteiger partial charge in [-0.05, 0) is 49.6 Å². The number of ether oxygens (including phenoxy) is 1. The van der Waals surface area contributed by atoms with E-state index in [1.165, 1.54) is 11.3 Å². The number of nitrogens with zero attached hydrogens (tertiary/aromatic N) is 3. The number of fused-ring (bicyclic) bond motifs is 1. The molecule has 0 atom stereocenters. The van der Waals surface area contributed by atoms with Gasteiger partial charge in [0.1, 0.15) is 16.1 Å². The molecule has 0 bridgehead atoms. The zero-order valence-corrected chi connectivity index (χ0v) is 19.4. The number of amides is 1. The van der Waals surface area contributed by atoms with Crippen molar-refractivity contribution in [3.05, 3.63) is 42.0 Å². The van der Waals surface area contributed by atoms with Gasteiger partial charge >= 0.3 is 0 Å². The lowest BCUT2D eigenvalue weighted by molar-refractivity contribution is -0.119. The number of aromatic nitrogens is 2. The molecule has 33 heavy (non-hydrogen) atoms. The third-order valence-electron chi connectivity index (χ3n) is 6.09. The van der Waals surface area contributed by atoms with E-state index in [4.69, 9.17) is 9.72 Å². The highest BCUT2D eigenvalue weighted by Gasteiger charge is 2.30. The van der Waals surface area contributed by atoms with Crippen LogP contribution in [0.2, 0.25) is 0 Å². The highest BCUT2D eigenvalue weighted by atomic mass is 32.1. The second-order valence-electron chi connectivity index (χ2n) is 8.78. The number of nitrogens with one attached hydrogen (secondary N) is 1. The molecule has 7 nitrogen and oxygen atoms in total. The van der Waals surface area contributed by atoms with Crippen LogP contribution in [0.4, 0.5) is 5.13 Å². The fraction of sp³-hybridized carbons (Fsp3) is 0.440. The topological polar surface area (TPSA) is 84.4 Å². The molecule has 1 aliphatic heterocycles. The van der Waals surface area contributed by atoms with Gasteiger partial charge in [-0.1, -0.05) is 29.5 Å². The molecule has 3 heterocycles. The van der Waals surface area contributed by atoms with E-state index >= 15 is 0 Å². The van der Waals surface area contributed by atoms with Crippen LogP contribution < -0.4 is 5.32 Å². The Morgan fingerprint density at radius 3 is 2.79 bits per heavy atom. The molecule has 0 spiro atoms. The number of pyridine rings is 1. The SMILES string of the molecule is O=C(CCCN1CCOCC1)Cc1cccc(-c2ccc3nc(NC(=O)C4CC4)sc3n2)c1. The number of Topliss-reactive ketones (excluding diaryl/α,β-unsaturated/α-hetero) is 1. The maximum absolute atomic E-state index is 12.5. The van der Waals surface area contributed by atoms with E-state index in [1.807, 2.05) is 36.4 Å². The molecule has 2 aromatic heterocycles. The first-order chi connectivity index (χ1) is 16.1. The smallest absolute Gasteiger partial charge is 0.229 e. The van der Waals surface area contributed by atoms with Crippen LogP contribution in [0.3, 0.4) is 0 Å². The van der Waals surface area contributed by atoms with Crippen LogP contribution >= 0.6 is 11.3 Å². The Labute approximate surface area is 197 Å². The summed E-state index contributed by atoms with van der Waals surface area (Å²) in [5.41, 5.74) is 3.61. The van der Waals surface area contributed by atoms with Crippen molar-refractivity contribution in [2.24, 2.45) is 5.92 Å². The zero-order valence-electron chi connectivity index (χ0n) is 18.6. The lowest BCUT2D eigenvalue weighted by atomic mass is 10.0. The molecule has 3 aromatic rings. The van der Waals surface area contributed by atoms with Gasteiger partial charge in [-0.3, -0.25) is 14.5 Å². The first kappa shape index (κ1) is 22.1. The van der Waals surface area contributed by atoms with Crippen molar-refractivity contribution in [2.45, 2.75) is 32.1 Å². The predicted molar refractivity (Wildman–Crippen MR) is 129 cm³/mol. The minimum Gasteiger partial charge on any atom is -0.379 e. The Bertz CT molecular complexity index is 1150. The van der Waals surface area contributed by atoms with Gasteiger partial charge in [-0.2, -0.15) is 0 Å². The number of hydrogen-bond acceptors (Lipinski definition) is 7. The summed E-state index contributed by atoms with van der Waals surface area (Å²) in [7, 11) is 0. The summed E-state index contributed by atoms with van der Waals surface area (Å²) in [4.78, 5) is 36.9. The van der Waals surface area contributed by atoms with Crippen molar-refractivity contribution < 1.29 is 14.3 Å². The third kappa shape index (κ3) is 5.82. The lowest BCUT2D eigenvalue weighted by Gasteiger charge is -2.26. The van der Waals surface area contributed by atoms with Crippen molar-refractivity contribution in [3.8, 4) is 11.3 Å². The summed E-state index contributed by atoms with van der Waals surface area (Å²) in [6.07, 6.45) is 3.86. The van der Waals surface area contributed by atoms with Gasteiger partial charge in [0.15, 0.2) is 5.13 Å². The minimum absolute atomic E-state index is 0.0524. The zero-order chi connectivity index (χ0) is 22.6. The van der Waals surface area contributed by atoms with Crippen LogP contribution in [0.5, 0.6) is 0 Å². The minimum atomic E-state index is 0.0524. The lowest BCUT2D eigenvalue weighted by Crippen LogP contribution is -2.37. The molecule has 5 rings (SSSR count). The van der Waals surface area contributed by atoms with Crippen LogP contribution in [-0.2, 0) is 20.7 Å². The number of ketones is 1. The Balaban J connectivity index is 1.20. The van der Waals surface area contributed by atoms with Crippen molar-refractivity contribution in [1.82, 2.24) is 14.9 Å². The Hall–Kier alpha value is -2.68. The number of hydrogen-bond donors (Lipinski definition) is 1. The largest absolute Gasteiger partial charge is 0.379 e. The third-order valence-corrected chi connectivity index (χ3v) is 6.97. The maximum Gasteiger partial charge on any atom is 0.229 e. The average Bonchev–Trinajstić information content (AvgIpc) is 3.60. The maximum atomic E-state index is 12.5. The fourth-order valence-electron chi connectivity index (χ4n) is 4.07. The fourth-order valence-corrected chi connectivity index (χ4v) is 4.91. The summed E-state index contributed by atoms with van der Waals surface area (Å²) < 4.78 is 5.37. The van der Waals surface area contributed by atoms with Gasteiger partial charge in [0.2, 0.25) is 5.91 Å². The quantitative estimate of drug-likeness (QED) is 0.517. The van der Waals surface area contributed by atoms with Gasteiger partial charge in [-0.25, -0.2) is 9.97 Å². The molecule has 1 N–H and O–H groups in total. The van der Waals surface area contributed by atoms with E-state index < -0.39 is 0 Å². The van der Waals surface area contributed by atoms with Crippen LogP contribution in [-0.4, -0.2) is 59.4 Å². The molecular formula is C25H28N4O3S. The number of rotatable bonds is 9. The summed E-state index contributed by atoms with van der Waals surface area (Å²) >= 11 is 1.40. The van der Waals surface area contributed by atoms with Crippen molar-refractivity contribution in [1.29, 1.82) is 0 Å². The van der Waals surface area contributed by atoms with E-state index in [0.717, 1.165) is 79.3 Å². The van der Waals surface area contributed by atoms with Gasteiger partial charge in [-0.15, -0.1) is 0 Å². The Morgan fingerprint density at radius 2 is 1.97 bits per heavy atom. The second-order valence-corrected chi connectivity index (χ2v) is 9.75. The first-order valence-electron chi connectivity index (χ1n) is 11.6. The van der Waals surface area contributed by atoms with Crippen LogP contribution in [0.25, 0.3) is 21.6 Å². The average molecular weight is 465 g/mol. The number of benzene rings is 1. The highest BCUT2D eigenvalue weighted by Crippen LogP contribution is 2.32. The molecule has 0 radical (unpaired) electrons. The molecule has 2 fully saturated rings. The number of thiazole rings is 1. The Kier molecular flexibility index (Phi) is 6.75. The van der Waals surface area contributed by atoms with E-state index in [-0.39, 0.29) is 17.6 Å². The number of anilines is 1. The predicted octanol–water partition coefficient (Wildman–Crippen LogP) is 3.93. The normalized spacial score (nSPS) is 16.7. The van der Waals surface area contributed by atoms with Gasteiger partial charge in [0.05, 0.1) is 18.9 Å². The molecule has 1 aromatic carbocycles. The molecular weight excluding hydrogens is 436 g/mol. The van der Waals surface area contributed by atoms with Crippen molar-refractivity contribution >= 4 is 38.5 Å². The number of carbonyl (C=O) groups is 2. The van der Waals surface area contributed by atoms with E-state index in [9.17, 15) is 9.59 Å². The Morgan fingerprint density at radius 1 is 1.12 bits per heavy atom. The molecule has 172 valence electrons. The molecule has 1 saturated carbocycles. The molecule has 8 heteroatoms. The highest BCUT2D eigenvalue weighted by molar-refractivity contribution is 7.22. The van der Waals surface area contributed by atoms with E-state index in [0.29, 0.717) is 18.0 Å².